The third kappa shape index (κ3) is 4.12. The van der Waals surface area contributed by atoms with Gasteiger partial charge >= 0.3 is 0 Å². The normalized spacial score (nSPS) is 20.0. The molecule has 4 nitrogen and oxygen atoms in total. The van der Waals surface area contributed by atoms with Gasteiger partial charge in [-0.05, 0) is 45.1 Å². The second-order valence-electron chi connectivity index (χ2n) is 7.23. The van der Waals surface area contributed by atoms with Crippen molar-refractivity contribution in [2.45, 2.75) is 46.6 Å². The van der Waals surface area contributed by atoms with Crippen molar-refractivity contribution in [1.29, 1.82) is 0 Å². The van der Waals surface area contributed by atoms with Crippen molar-refractivity contribution in [3.05, 3.63) is 35.9 Å². The summed E-state index contributed by atoms with van der Waals surface area (Å²) in [5.74, 6) is 0.230. The first-order chi connectivity index (χ1) is 10.8. The van der Waals surface area contributed by atoms with Crippen LogP contribution in [0, 0.1) is 11.3 Å². The van der Waals surface area contributed by atoms with Gasteiger partial charge in [0.2, 0.25) is 11.8 Å². The van der Waals surface area contributed by atoms with Crippen LogP contribution in [-0.2, 0) is 9.59 Å². The molecule has 2 rings (SSSR count). The summed E-state index contributed by atoms with van der Waals surface area (Å²) in [7, 11) is 0. The number of nitrogens with zero attached hydrogens (tertiary/aromatic N) is 1. The predicted octanol–water partition coefficient (Wildman–Crippen LogP) is 3.15. The largest absolute Gasteiger partial charge is 0.349 e. The molecule has 2 unspecified atom stereocenters. The Morgan fingerprint density at radius 1 is 1.26 bits per heavy atom. The summed E-state index contributed by atoms with van der Waals surface area (Å²) in [5, 5.41) is 2.98. The minimum absolute atomic E-state index is 0.0678. The molecule has 0 saturated carbocycles. The van der Waals surface area contributed by atoms with Crippen LogP contribution in [0.5, 0.6) is 0 Å². The van der Waals surface area contributed by atoms with Crippen LogP contribution >= 0.6 is 0 Å². The van der Waals surface area contributed by atoms with Crippen molar-refractivity contribution in [3.63, 3.8) is 0 Å². The van der Waals surface area contributed by atoms with Gasteiger partial charge in [0.1, 0.15) is 5.41 Å². The molecule has 0 aliphatic carbocycles. The van der Waals surface area contributed by atoms with Crippen LogP contribution in [0.3, 0.4) is 0 Å². The molecular weight excluding hydrogens is 288 g/mol. The molecule has 2 amide bonds. The Balaban J connectivity index is 2.03. The van der Waals surface area contributed by atoms with E-state index in [1.807, 2.05) is 42.2 Å². The van der Waals surface area contributed by atoms with Crippen molar-refractivity contribution < 1.29 is 9.59 Å². The highest BCUT2D eigenvalue weighted by atomic mass is 16.2. The maximum atomic E-state index is 12.8. The van der Waals surface area contributed by atoms with E-state index in [2.05, 4.69) is 12.2 Å². The van der Waals surface area contributed by atoms with Gasteiger partial charge in [-0.1, -0.05) is 37.3 Å². The van der Waals surface area contributed by atoms with Gasteiger partial charge in [-0.25, -0.2) is 0 Å². The number of rotatable bonds is 4. The smallest absolute Gasteiger partial charge is 0.237 e. The standard InChI is InChI=1S/C19H28N2O2/c1-14-9-8-12-21(13-14)18(23)19(3,4)17(22)20-15(2)16-10-6-5-7-11-16/h5-7,10-11,14-15H,8-9,12-13H2,1-4H3,(H,20,22). The van der Waals surface area contributed by atoms with E-state index in [-0.39, 0.29) is 17.9 Å². The maximum absolute atomic E-state index is 12.8. The molecule has 126 valence electrons. The molecule has 1 aliphatic rings. The number of nitrogens with one attached hydrogen (secondary N) is 1. The van der Waals surface area contributed by atoms with Crippen LogP contribution in [0.25, 0.3) is 0 Å². The first kappa shape index (κ1) is 17.5. The van der Waals surface area contributed by atoms with E-state index in [0.717, 1.165) is 31.5 Å². The topological polar surface area (TPSA) is 49.4 Å². The lowest BCUT2D eigenvalue weighted by Crippen LogP contribution is -2.52. The van der Waals surface area contributed by atoms with Gasteiger partial charge < -0.3 is 10.2 Å². The van der Waals surface area contributed by atoms with Crippen LogP contribution in [0.15, 0.2) is 30.3 Å². The summed E-state index contributed by atoms with van der Waals surface area (Å²) in [6, 6.07) is 9.68. The first-order valence-electron chi connectivity index (χ1n) is 8.47. The van der Waals surface area contributed by atoms with E-state index in [9.17, 15) is 9.59 Å². The van der Waals surface area contributed by atoms with E-state index in [0.29, 0.717) is 5.92 Å². The fraction of sp³-hybridized carbons (Fsp3) is 0.579. The van der Waals surface area contributed by atoms with Crippen LogP contribution < -0.4 is 5.32 Å². The Kier molecular flexibility index (Phi) is 5.45. The monoisotopic (exact) mass is 316 g/mol. The van der Waals surface area contributed by atoms with Gasteiger partial charge in [-0.2, -0.15) is 0 Å². The van der Waals surface area contributed by atoms with Crippen LogP contribution in [0.1, 0.15) is 52.1 Å². The molecule has 1 aromatic carbocycles. The van der Waals surface area contributed by atoms with Gasteiger partial charge in [-0.15, -0.1) is 0 Å². The number of hydrogen-bond donors (Lipinski definition) is 1. The molecule has 1 N–H and O–H groups in total. The summed E-state index contributed by atoms with van der Waals surface area (Å²) in [4.78, 5) is 27.3. The maximum Gasteiger partial charge on any atom is 0.237 e. The van der Waals surface area contributed by atoms with E-state index >= 15 is 0 Å². The molecule has 1 saturated heterocycles. The Hall–Kier alpha value is -1.84. The Labute approximate surface area is 139 Å². The molecule has 0 bridgehead atoms. The van der Waals surface area contributed by atoms with Crippen LogP contribution in [-0.4, -0.2) is 29.8 Å². The van der Waals surface area contributed by atoms with Gasteiger partial charge in [-0.3, -0.25) is 9.59 Å². The van der Waals surface area contributed by atoms with Crippen molar-refractivity contribution in [1.82, 2.24) is 10.2 Å². The van der Waals surface area contributed by atoms with E-state index in [1.54, 1.807) is 13.8 Å². The molecular formula is C19H28N2O2. The quantitative estimate of drug-likeness (QED) is 0.868. The minimum Gasteiger partial charge on any atom is -0.349 e. The molecule has 23 heavy (non-hydrogen) atoms. The van der Waals surface area contributed by atoms with E-state index in [4.69, 9.17) is 0 Å². The summed E-state index contributed by atoms with van der Waals surface area (Å²) in [6.45, 7) is 9.06. The second kappa shape index (κ2) is 7.16. The highest BCUT2D eigenvalue weighted by Crippen LogP contribution is 2.25. The molecule has 4 heteroatoms. The van der Waals surface area contributed by atoms with Crippen LogP contribution in [0.2, 0.25) is 0 Å². The van der Waals surface area contributed by atoms with E-state index < -0.39 is 5.41 Å². The zero-order valence-electron chi connectivity index (χ0n) is 14.6. The summed E-state index contributed by atoms with van der Waals surface area (Å²) < 4.78 is 0. The van der Waals surface area contributed by atoms with Crippen molar-refractivity contribution in [2.75, 3.05) is 13.1 Å². The second-order valence-corrected chi connectivity index (χ2v) is 7.23. The van der Waals surface area contributed by atoms with Crippen molar-refractivity contribution in [3.8, 4) is 0 Å². The number of benzene rings is 1. The summed E-state index contributed by atoms with van der Waals surface area (Å²) in [5.41, 5.74) is -0.00389. The SMILES string of the molecule is CC1CCCN(C(=O)C(C)(C)C(=O)NC(C)c2ccccc2)C1. The molecule has 0 aromatic heterocycles. The molecule has 0 radical (unpaired) electrons. The third-order valence-electron chi connectivity index (χ3n) is 4.69. The molecule has 1 heterocycles. The number of likely N-dealkylation sites (tertiary alicyclic amines) is 1. The highest BCUT2D eigenvalue weighted by molar-refractivity contribution is 6.04. The molecule has 0 spiro atoms. The zero-order valence-corrected chi connectivity index (χ0v) is 14.6. The van der Waals surface area contributed by atoms with Crippen LogP contribution in [0.4, 0.5) is 0 Å². The lowest BCUT2D eigenvalue weighted by atomic mass is 9.88. The number of carbonyl (C=O) groups is 2. The van der Waals surface area contributed by atoms with Crippen molar-refractivity contribution in [2.24, 2.45) is 11.3 Å². The average molecular weight is 316 g/mol. The lowest BCUT2D eigenvalue weighted by molar-refractivity contribution is -0.150. The zero-order chi connectivity index (χ0) is 17.0. The molecule has 1 aliphatic heterocycles. The summed E-state index contributed by atoms with van der Waals surface area (Å²) >= 11 is 0. The molecule has 2 atom stereocenters. The van der Waals surface area contributed by atoms with Gasteiger partial charge in [0.15, 0.2) is 0 Å². The van der Waals surface area contributed by atoms with Gasteiger partial charge in [0, 0.05) is 13.1 Å². The Bertz CT molecular complexity index is 554. The molecule has 1 aromatic rings. The number of amides is 2. The Morgan fingerprint density at radius 2 is 1.91 bits per heavy atom. The highest BCUT2D eigenvalue weighted by Gasteiger charge is 2.40. The summed E-state index contributed by atoms with van der Waals surface area (Å²) in [6.07, 6.45) is 2.17. The minimum atomic E-state index is -1.04. The number of carbonyl (C=O) groups excluding carboxylic acids is 2. The molecule has 1 fully saturated rings. The fourth-order valence-corrected chi connectivity index (χ4v) is 3.07. The predicted molar refractivity (Wildman–Crippen MR) is 91.8 cm³/mol. The average Bonchev–Trinajstić information content (AvgIpc) is 2.54. The lowest BCUT2D eigenvalue weighted by Gasteiger charge is -2.36. The Morgan fingerprint density at radius 3 is 2.52 bits per heavy atom. The van der Waals surface area contributed by atoms with Gasteiger partial charge in [0.25, 0.3) is 0 Å². The third-order valence-corrected chi connectivity index (χ3v) is 4.69. The first-order valence-corrected chi connectivity index (χ1v) is 8.47. The van der Waals surface area contributed by atoms with Gasteiger partial charge in [0.05, 0.1) is 6.04 Å². The number of piperidine rings is 1. The number of hydrogen-bond acceptors (Lipinski definition) is 2. The fourth-order valence-electron chi connectivity index (χ4n) is 3.07. The van der Waals surface area contributed by atoms with E-state index in [1.165, 1.54) is 0 Å². The van der Waals surface area contributed by atoms with Crippen molar-refractivity contribution >= 4 is 11.8 Å².